The Bertz CT molecular complexity index is 1300. The summed E-state index contributed by atoms with van der Waals surface area (Å²) in [5.41, 5.74) is 11.5. The van der Waals surface area contributed by atoms with Gasteiger partial charge in [-0.15, -0.1) is 0 Å². The topological polar surface area (TPSA) is 79.3 Å². The van der Waals surface area contributed by atoms with E-state index in [4.69, 9.17) is 10.5 Å². The van der Waals surface area contributed by atoms with Gasteiger partial charge in [-0.2, -0.15) is 5.10 Å². The Morgan fingerprint density at radius 3 is 2.31 bits per heavy atom. The predicted molar refractivity (Wildman–Crippen MR) is 155 cm³/mol. The molecule has 3 aromatic rings. The highest BCUT2D eigenvalue weighted by Gasteiger charge is 2.37. The number of aromatic nitrogens is 2. The molecule has 4 heterocycles. The minimum absolute atomic E-state index is 0.130. The lowest BCUT2D eigenvalue weighted by Crippen LogP contribution is -2.53. The summed E-state index contributed by atoms with van der Waals surface area (Å²) in [6.45, 7) is 9.82. The molecule has 0 spiro atoms. The van der Waals surface area contributed by atoms with Gasteiger partial charge >= 0.3 is 0 Å². The van der Waals surface area contributed by atoms with Crippen molar-refractivity contribution in [1.82, 2.24) is 19.4 Å². The summed E-state index contributed by atoms with van der Waals surface area (Å²) in [6, 6.07) is 14.0. The number of carbonyl (C=O) groups is 1. The summed E-state index contributed by atoms with van der Waals surface area (Å²) in [5, 5.41) is 4.60. The van der Waals surface area contributed by atoms with Crippen molar-refractivity contribution in [1.29, 1.82) is 0 Å². The average Bonchev–Trinajstić information content (AvgIpc) is 3.40. The maximum Gasteiger partial charge on any atom is 0.225 e. The van der Waals surface area contributed by atoms with Crippen LogP contribution in [0.1, 0.15) is 45.1 Å². The molecule has 39 heavy (non-hydrogen) atoms. The zero-order valence-electron chi connectivity index (χ0n) is 23.6. The summed E-state index contributed by atoms with van der Waals surface area (Å²) in [5.74, 6) is 0.413. The SMILES string of the molecule is COC1(c2ccc(-c3cc4c(N5CCN(C(=O)C6CC(N)C6)CC5)ccnn4c3)cc2)CCN(C(C)C)CC1. The highest BCUT2D eigenvalue weighted by atomic mass is 16.5. The number of piperazine rings is 1. The normalized spacial score (nSPS) is 23.8. The molecule has 8 nitrogen and oxygen atoms in total. The predicted octanol–water partition coefficient (Wildman–Crippen LogP) is 3.73. The second kappa shape index (κ2) is 10.6. The molecule has 3 aliphatic rings. The number of hydrogen-bond acceptors (Lipinski definition) is 6. The maximum atomic E-state index is 12.8. The van der Waals surface area contributed by atoms with E-state index in [1.165, 1.54) is 16.8 Å². The van der Waals surface area contributed by atoms with Crippen LogP contribution >= 0.6 is 0 Å². The molecule has 2 saturated heterocycles. The molecule has 0 unspecified atom stereocenters. The van der Waals surface area contributed by atoms with E-state index in [0.29, 0.717) is 6.04 Å². The number of anilines is 1. The van der Waals surface area contributed by atoms with Gasteiger partial charge in [-0.05, 0) is 62.8 Å². The Labute approximate surface area is 231 Å². The summed E-state index contributed by atoms with van der Waals surface area (Å²) in [4.78, 5) is 19.7. The van der Waals surface area contributed by atoms with E-state index in [1.807, 2.05) is 22.7 Å². The summed E-state index contributed by atoms with van der Waals surface area (Å²) < 4.78 is 8.12. The van der Waals surface area contributed by atoms with Gasteiger partial charge in [0.15, 0.2) is 0 Å². The van der Waals surface area contributed by atoms with E-state index in [2.05, 4.69) is 71.3 Å². The fourth-order valence-electron chi connectivity index (χ4n) is 6.69. The highest BCUT2D eigenvalue weighted by molar-refractivity contribution is 5.82. The molecule has 1 aliphatic carbocycles. The molecule has 3 fully saturated rings. The third kappa shape index (κ3) is 4.94. The Morgan fingerprint density at radius 2 is 1.69 bits per heavy atom. The molecule has 0 atom stereocenters. The number of carbonyl (C=O) groups excluding carboxylic acids is 1. The van der Waals surface area contributed by atoms with Crippen LogP contribution in [0.5, 0.6) is 0 Å². The standard InChI is InChI=1S/C31H42N6O2/c1-22(2)34-12-9-31(39-3,10-13-34)26-6-4-23(5-7-26)25-20-29-28(8-11-33-37(29)21-25)35-14-16-36(17-15-35)30(38)24-18-27(32)19-24/h4-8,11,20-22,24,27H,9-10,12-19,32H2,1-3H3. The van der Waals surface area contributed by atoms with Crippen LogP contribution in [-0.4, -0.2) is 83.8 Å². The fraction of sp³-hybridized carbons (Fsp3) is 0.548. The number of nitrogens with zero attached hydrogens (tertiary/aromatic N) is 5. The molecule has 1 amide bonds. The van der Waals surface area contributed by atoms with Crippen LogP contribution in [0.4, 0.5) is 5.69 Å². The second-order valence-corrected chi connectivity index (χ2v) is 11.9. The second-order valence-electron chi connectivity index (χ2n) is 11.9. The third-order valence-electron chi connectivity index (χ3n) is 9.41. The molecule has 6 rings (SSSR count). The lowest BCUT2D eigenvalue weighted by molar-refractivity contribution is -0.139. The lowest BCUT2D eigenvalue weighted by Gasteiger charge is -2.42. The first-order valence-corrected chi connectivity index (χ1v) is 14.5. The molecular formula is C31H42N6O2. The van der Waals surface area contributed by atoms with Gasteiger partial charge in [0.25, 0.3) is 0 Å². The van der Waals surface area contributed by atoms with Crippen molar-refractivity contribution in [3.05, 3.63) is 54.4 Å². The van der Waals surface area contributed by atoms with Crippen molar-refractivity contribution in [3.8, 4) is 11.1 Å². The largest absolute Gasteiger partial charge is 0.373 e. The molecule has 1 aromatic carbocycles. The van der Waals surface area contributed by atoms with Gasteiger partial charge in [-0.1, -0.05) is 24.3 Å². The fourth-order valence-corrected chi connectivity index (χ4v) is 6.69. The van der Waals surface area contributed by atoms with Crippen LogP contribution in [0.15, 0.2) is 48.8 Å². The molecule has 8 heteroatoms. The number of piperidine rings is 1. The van der Waals surface area contributed by atoms with Gasteiger partial charge in [0.05, 0.1) is 16.8 Å². The number of benzene rings is 1. The Kier molecular flexibility index (Phi) is 7.12. The van der Waals surface area contributed by atoms with Crippen LogP contribution in [0.3, 0.4) is 0 Å². The van der Waals surface area contributed by atoms with E-state index in [0.717, 1.165) is 76.0 Å². The van der Waals surface area contributed by atoms with Crippen molar-refractivity contribution < 1.29 is 9.53 Å². The molecule has 2 N–H and O–H groups in total. The van der Waals surface area contributed by atoms with E-state index in [-0.39, 0.29) is 23.5 Å². The first kappa shape index (κ1) is 26.3. The Morgan fingerprint density at radius 1 is 1.00 bits per heavy atom. The highest BCUT2D eigenvalue weighted by Crippen LogP contribution is 2.38. The number of methoxy groups -OCH3 is 1. The number of nitrogens with two attached hydrogens (primary N) is 1. The smallest absolute Gasteiger partial charge is 0.225 e. The first-order valence-electron chi connectivity index (χ1n) is 14.5. The molecular weight excluding hydrogens is 488 g/mol. The molecule has 0 bridgehead atoms. The van der Waals surface area contributed by atoms with Gasteiger partial charge in [-0.3, -0.25) is 4.79 Å². The van der Waals surface area contributed by atoms with Crippen LogP contribution in [-0.2, 0) is 15.1 Å². The van der Waals surface area contributed by atoms with Crippen molar-refractivity contribution in [2.24, 2.45) is 11.7 Å². The summed E-state index contributed by atoms with van der Waals surface area (Å²) >= 11 is 0. The molecule has 1 saturated carbocycles. The molecule has 2 aromatic heterocycles. The maximum absolute atomic E-state index is 12.8. The van der Waals surface area contributed by atoms with E-state index in [1.54, 1.807) is 0 Å². The van der Waals surface area contributed by atoms with Crippen LogP contribution in [0, 0.1) is 5.92 Å². The van der Waals surface area contributed by atoms with Crippen LogP contribution in [0.2, 0.25) is 0 Å². The first-order chi connectivity index (χ1) is 18.9. The third-order valence-corrected chi connectivity index (χ3v) is 9.41. The van der Waals surface area contributed by atoms with Crippen molar-refractivity contribution in [3.63, 3.8) is 0 Å². The number of fused-ring (bicyclic) bond motifs is 1. The summed E-state index contributed by atoms with van der Waals surface area (Å²) in [6.07, 6.45) is 7.67. The van der Waals surface area contributed by atoms with Gasteiger partial charge < -0.3 is 25.2 Å². The molecule has 0 radical (unpaired) electrons. The number of rotatable bonds is 6. The van der Waals surface area contributed by atoms with Gasteiger partial charge in [0.1, 0.15) is 0 Å². The quantitative estimate of drug-likeness (QED) is 0.523. The zero-order chi connectivity index (χ0) is 27.1. The van der Waals surface area contributed by atoms with Crippen molar-refractivity contribution in [2.75, 3.05) is 51.3 Å². The van der Waals surface area contributed by atoms with Crippen LogP contribution < -0.4 is 10.6 Å². The number of amides is 1. The van der Waals surface area contributed by atoms with E-state index < -0.39 is 0 Å². The Balaban J connectivity index is 1.17. The van der Waals surface area contributed by atoms with Gasteiger partial charge in [0.2, 0.25) is 5.91 Å². The summed E-state index contributed by atoms with van der Waals surface area (Å²) in [7, 11) is 1.85. The minimum Gasteiger partial charge on any atom is -0.373 e. The monoisotopic (exact) mass is 530 g/mol. The van der Waals surface area contributed by atoms with Gasteiger partial charge in [0, 0.05) is 82.3 Å². The van der Waals surface area contributed by atoms with Crippen molar-refractivity contribution >= 4 is 17.1 Å². The van der Waals surface area contributed by atoms with Gasteiger partial charge in [-0.25, -0.2) is 4.52 Å². The van der Waals surface area contributed by atoms with E-state index in [9.17, 15) is 4.79 Å². The van der Waals surface area contributed by atoms with E-state index >= 15 is 0 Å². The number of hydrogen-bond donors (Lipinski definition) is 1. The Hall–Kier alpha value is -2.94. The molecule has 208 valence electrons. The lowest BCUT2D eigenvalue weighted by atomic mass is 9.80. The van der Waals surface area contributed by atoms with Crippen molar-refractivity contribution in [2.45, 2.75) is 57.2 Å². The minimum atomic E-state index is -0.210. The number of likely N-dealkylation sites (tertiary alicyclic amines) is 1. The zero-order valence-corrected chi connectivity index (χ0v) is 23.6. The number of ether oxygens (including phenoxy) is 1. The molecule has 2 aliphatic heterocycles. The van der Waals surface area contributed by atoms with Crippen LogP contribution in [0.25, 0.3) is 16.6 Å². The average molecular weight is 531 g/mol.